The van der Waals surface area contributed by atoms with Crippen molar-refractivity contribution < 1.29 is 9.59 Å². The molecule has 30 heavy (non-hydrogen) atoms. The van der Waals surface area contributed by atoms with Crippen LogP contribution in [0.3, 0.4) is 0 Å². The van der Waals surface area contributed by atoms with Gasteiger partial charge in [-0.1, -0.05) is 84.9 Å². The largest absolute Gasteiger partial charge is 0.322 e. The lowest BCUT2D eigenvalue weighted by Crippen LogP contribution is -2.61. The first-order valence-electron chi connectivity index (χ1n) is 10.0. The van der Waals surface area contributed by atoms with E-state index in [1.807, 2.05) is 84.9 Å². The molecular weight excluding hydrogens is 376 g/mol. The molecule has 0 saturated carbocycles. The fraction of sp³-hybridized carbons (Fsp3) is 0.167. The van der Waals surface area contributed by atoms with Crippen molar-refractivity contribution >= 4 is 12.1 Å². The van der Waals surface area contributed by atoms with E-state index in [2.05, 4.69) is 10.6 Å². The van der Waals surface area contributed by atoms with Gasteiger partial charge in [-0.3, -0.25) is 9.80 Å². The molecule has 2 N–H and O–H groups in total. The van der Waals surface area contributed by atoms with E-state index in [1.54, 1.807) is 9.80 Å². The molecule has 6 rings (SSSR count). The minimum atomic E-state index is -1.11. The van der Waals surface area contributed by atoms with E-state index in [0.29, 0.717) is 13.1 Å². The molecule has 2 saturated heterocycles. The summed E-state index contributed by atoms with van der Waals surface area (Å²) in [5, 5.41) is 6.32. The molecule has 148 valence electrons. The van der Waals surface area contributed by atoms with Crippen LogP contribution < -0.4 is 10.6 Å². The van der Waals surface area contributed by atoms with Gasteiger partial charge in [0.2, 0.25) is 0 Å². The maximum Gasteiger partial charge on any atom is 0.322 e. The fourth-order valence-electron chi connectivity index (χ4n) is 5.32. The first-order valence-corrected chi connectivity index (χ1v) is 10.0. The quantitative estimate of drug-likeness (QED) is 0.697. The van der Waals surface area contributed by atoms with Gasteiger partial charge in [-0.25, -0.2) is 9.59 Å². The van der Waals surface area contributed by atoms with E-state index in [9.17, 15) is 9.59 Å². The lowest BCUT2D eigenvalue weighted by molar-refractivity contribution is -0.0153. The molecule has 3 aromatic rings. The Bertz CT molecular complexity index is 1120. The van der Waals surface area contributed by atoms with Crippen molar-refractivity contribution in [2.24, 2.45) is 0 Å². The summed E-state index contributed by atoms with van der Waals surface area (Å²) in [6, 6.07) is 27.1. The van der Waals surface area contributed by atoms with Gasteiger partial charge in [0.1, 0.15) is 0 Å². The summed E-state index contributed by atoms with van der Waals surface area (Å²) in [6.45, 7) is 0.827. The molecule has 6 heteroatoms. The number of carbonyl (C=O) groups excluding carboxylic acids is 2. The molecule has 0 aliphatic carbocycles. The number of hydrogen-bond donors (Lipinski definition) is 2. The number of nitrogens with zero attached hydrogens (tertiary/aromatic N) is 2. The first kappa shape index (κ1) is 17.1. The zero-order chi connectivity index (χ0) is 20.3. The summed E-state index contributed by atoms with van der Waals surface area (Å²) in [7, 11) is 0. The molecule has 0 unspecified atom stereocenters. The molecule has 0 spiro atoms. The van der Waals surface area contributed by atoms with Crippen LogP contribution in [-0.2, 0) is 24.4 Å². The lowest BCUT2D eigenvalue weighted by atomic mass is 9.81. The van der Waals surface area contributed by atoms with Crippen molar-refractivity contribution in [2.75, 3.05) is 0 Å². The van der Waals surface area contributed by atoms with Crippen molar-refractivity contribution in [2.45, 2.75) is 24.4 Å². The molecule has 3 aromatic carbocycles. The number of nitrogens with one attached hydrogen (secondary N) is 2. The number of urea groups is 2. The molecule has 3 heterocycles. The summed E-state index contributed by atoms with van der Waals surface area (Å²) < 4.78 is 0. The number of rotatable bonds is 2. The van der Waals surface area contributed by atoms with E-state index in [4.69, 9.17) is 0 Å². The Kier molecular flexibility index (Phi) is 3.34. The van der Waals surface area contributed by atoms with Gasteiger partial charge in [0, 0.05) is 11.1 Å². The van der Waals surface area contributed by atoms with Gasteiger partial charge in [-0.15, -0.1) is 0 Å². The highest BCUT2D eigenvalue weighted by Gasteiger charge is 2.74. The van der Waals surface area contributed by atoms with Crippen LogP contribution in [0.1, 0.15) is 22.3 Å². The van der Waals surface area contributed by atoms with Crippen LogP contribution in [0.15, 0.2) is 84.9 Å². The zero-order valence-corrected chi connectivity index (χ0v) is 16.2. The topological polar surface area (TPSA) is 64.7 Å². The molecule has 4 amide bonds. The average molecular weight is 396 g/mol. The van der Waals surface area contributed by atoms with Crippen molar-refractivity contribution in [3.63, 3.8) is 0 Å². The second kappa shape index (κ2) is 5.86. The standard InChI is InChI=1S/C24H20N4O2/c29-21-25-23(19-11-3-1-4-12-19)24(20-13-5-2-6-14-20)27(21)15-17-9-7-8-10-18(17)16-28(24)22(30)26-23/h1-14H,15-16H2,(H,25,29)(H,26,30). The van der Waals surface area contributed by atoms with E-state index in [1.165, 1.54) is 0 Å². The maximum atomic E-state index is 13.5. The highest BCUT2D eigenvalue weighted by Crippen LogP contribution is 2.55. The minimum Gasteiger partial charge on any atom is -0.307 e. The smallest absolute Gasteiger partial charge is 0.307 e. The van der Waals surface area contributed by atoms with Crippen LogP contribution in [0.5, 0.6) is 0 Å². The fourth-order valence-corrected chi connectivity index (χ4v) is 5.32. The van der Waals surface area contributed by atoms with Gasteiger partial charge in [-0.05, 0) is 11.1 Å². The lowest BCUT2D eigenvalue weighted by Gasteiger charge is -2.45. The van der Waals surface area contributed by atoms with Crippen LogP contribution in [0.2, 0.25) is 0 Å². The number of hydrogen-bond acceptors (Lipinski definition) is 2. The van der Waals surface area contributed by atoms with Gasteiger partial charge in [0.25, 0.3) is 0 Å². The summed E-state index contributed by atoms with van der Waals surface area (Å²) in [6.07, 6.45) is 0. The molecule has 0 atom stereocenters. The van der Waals surface area contributed by atoms with Crippen molar-refractivity contribution in [1.82, 2.24) is 20.4 Å². The summed E-state index contributed by atoms with van der Waals surface area (Å²) in [5.41, 5.74) is 1.68. The highest BCUT2D eigenvalue weighted by atomic mass is 16.2. The third-order valence-corrected chi connectivity index (χ3v) is 6.54. The minimum absolute atomic E-state index is 0.204. The van der Waals surface area contributed by atoms with E-state index in [-0.39, 0.29) is 12.1 Å². The Morgan fingerprint density at radius 3 is 1.53 bits per heavy atom. The van der Waals surface area contributed by atoms with Crippen molar-refractivity contribution in [3.8, 4) is 0 Å². The van der Waals surface area contributed by atoms with E-state index >= 15 is 0 Å². The molecule has 0 radical (unpaired) electrons. The van der Waals surface area contributed by atoms with Gasteiger partial charge >= 0.3 is 12.1 Å². The third-order valence-electron chi connectivity index (χ3n) is 6.54. The Morgan fingerprint density at radius 1 is 0.600 bits per heavy atom. The predicted molar refractivity (Wildman–Crippen MR) is 111 cm³/mol. The van der Waals surface area contributed by atoms with Crippen LogP contribution >= 0.6 is 0 Å². The van der Waals surface area contributed by atoms with E-state index < -0.39 is 11.3 Å². The van der Waals surface area contributed by atoms with Crippen LogP contribution in [0.25, 0.3) is 0 Å². The summed E-state index contributed by atoms with van der Waals surface area (Å²) in [5.74, 6) is 0. The molecule has 6 nitrogen and oxygen atoms in total. The maximum absolute atomic E-state index is 13.5. The zero-order valence-electron chi connectivity index (χ0n) is 16.2. The first-order chi connectivity index (χ1) is 14.7. The summed E-state index contributed by atoms with van der Waals surface area (Å²) >= 11 is 0. The average Bonchev–Trinajstić information content (AvgIpc) is 3.08. The van der Waals surface area contributed by atoms with E-state index in [0.717, 1.165) is 22.3 Å². The second-order valence-corrected chi connectivity index (χ2v) is 7.96. The molecule has 3 aliphatic heterocycles. The van der Waals surface area contributed by atoms with Crippen molar-refractivity contribution in [3.05, 3.63) is 107 Å². The Labute approximate surface area is 174 Å². The number of fused-ring (bicyclic) bond motifs is 1. The normalized spacial score (nSPS) is 26.5. The Balaban J connectivity index is 1.70. The van der Waals surface area contributed by atoms with Gasteiger partial charge in [0.05, 0.1) is 13.1 Å². The summed E-state index contributed by atoms with van der Waals surface area (Å²) in [4.78, 5) is 30.5. The predicted octanol–water partition coefficient (Wildman–Crippen LogP) is 3.46. The second-order valence-electron chi connectivity index (χ2n) is 7.96. The SMILES string of the molecule is O=C1NC2(c3ccccc3)NC(=O)N3Cc4ccccc4CN1C32c1ccccc1. The molecule has 0 bridgehead atoms. The van der Waals surface area contributed by atoms with Crippen LogP contribution in [-0.4, -0.2) is 21.9 Å². The molecule has 0 aromatic heterocycles. The molecule has 3 aliphatic rings. The van der Waals surface area contributed by atoms with Crippen LogP contribution in [0, 0.1) is 0 Å². The monoisotopic (exact) mass is 396 g/mol. The van der Waals surface area contributed by atoms with Gasteiger partial charge in [-0.2, -0.15) is 0 Å². The molecular formula is C24H20N4O2. The molecule has 2 fully saturated rings. The number of carbonyl (C=O) groups is 2. The number of amides is 4. The highest BCUT2D eigenvalue weighted by molar-refractivity contribution is 5.90. The van der Waals surface area contributed by atoms with Crippen LogP contribution in [0.4, 0.5) is 9.59 Å². The van der Waals surface area contributed by atoms with Gasteiger partial charge < -0.3 is 10.6 Å². The Morgan fingerprint density at radius 2 is 1.03 bits per heavy atom. The Hall–Kier alpha value is -3.80. The third kappa shape index (κ3) is 1.93. The number of benzene rings is 3. The van der Waals surface area contributed by atoms with Crippen molar-refractivity contribution in [1.29, 1.82) is 0 Å². The van der Waals surface area contributed by atoms with Gasteiger partial charge in [0.15, 0.2) is 11.3 Å².